The lowest BCUT2D eigenvalue weighted by Crippen LogP contribution is -2.44. The molecular weight excluding hydrogens is 284 g/mol. The summed E-state index contributed by atoms with van der Waals surface area (Å²) < 4.78 is 27.1. The second-order valence-electron chi connectivity index (χ2n) is 5.85. The van der Waals surface area contributed by atoms with E-state index in [0.717, 1.165) is 24.9 Å². The summed E-state index contributed by atoms with van der Waals surface area (Å²) in [4.78, 5) is 0.447. The van der Waals surface area contributed by atoms with Crippen LogP contribution in [0.25, 0.3) is 0 Å². The molecule has 5 heteroatoms. The third kappa shape index (κ3) is 3.65. The number of hydrogen-bond acceptors (Lipinski definition) is 3. The van der Waals surface area contributed by atoms with Gasteiger partial charge < -0.3 is 5.32 Å². The highest BCUT2D eigenvalue weighted by Crippen LogP contribution is 2.26. The highest BCUT2D eigenvalue weighted by atomic mass is 32.2. The number of aryl methyl sites for hydroxylation is 1. The van der Waals surface area contributed by atoms with Gasteiger partial charge in [-0.1, -0.05) is 25.1 Å². The largest absolute Gasteiger partial charge is 0.314 e. The van der Waals surface area contributed by atoms with Gasteiger partial charge in [-0.2, -0.15) is 4.31 Å². The molecule has 1 aliphatic rings. The zero-order chi connectivity index (χ0) is 15.5. The first-order chi connectivity index (χ1) is 9.96. The number of sulfonamides is 1. The Labute approximate surface area is 128 Å². The Hall–Kier alpha value is -0.910. The van der Waals surface area contributed by atoms with Crippen LogP contribution in [-0.4, -0.2) is 38.4 Å². The van der Waals surface area contributed by atoms with Crippen LogP contribution < -0.4 is 5.32 Å². The first kappa shape index (κ1) is 16.5. The van der Waals surface area contributed by atoms with Crippen LogP contribution in [0.3, 0.4) is 0 Å². The Morgan fingerprint density at radius 3 is 2.48 bits per heavy atom. The third-order valence-corrected chi connectivity index (χ3v) is 6.50. The van der Waals surface area contributed by atoms with Crippen molar-refractivity contribution in [1.29, 1.82) is 0 Å². The van der Waals surface area contributed by atoms with Crippen LogP contribution in [0.15, 0.2) is 29.2 Å². The zero-order valence-electron chi connectivity index (χ0n) is 13.2. The molecule has 0 spiro atoms. The van der Waals surface area contributed by atoms with E-state index in [1.54, 1.807) is 16.4 Å². The van der Waals surface area contributed by atoms with E-state index in [-0.39, 0.29) is 0 Å². The van der Waals surface area contributed by atoms with Crippen LogP contribution in [0, 0.1) is 12.8 Å². The van der Waals surface area contributed by atoms with Crippen molar-refractivity contribution < 1.29 is 8.42 Å². The quantitative estimate of drug-likeness (QED) is 0.908. The summed E-state index contributed by atoms with van der Waals surface area (Å²) in [5.74, 6) is 0.563. The van der Waals surface area contributed by atoms with E-state index in [2.05, 4.69) is 19.2 Å². The number of rotatable bonds is 5. The molecule has 21 heavy (non-hydrogen) atoms. The zero-order valence-corrected chi connectivity index (χ0v) is 14.0. The minimum Gasteiger partial charge on any atom is -0.314 e. The van der Waals surface area contributed by atoms with Crippen molar-refractivity contribution in [2.75, 3.05) is 19.6 Å². The molecule has 0 saturated carbocycles. The third-order valence-electron chi connectivity index (χ3n) is 4.44. The minimum atomic E-state index is -3.34. The molecule has 0 bridgehead atoms. The van der Waals surface area contributed by atoms with Gasteiger partial charge in [0.15, 0.2) is 0 Å². The van der Waals surface area contributed by atoms with E-state index in [1.807, 2.05) is 19.1 Å². The summed E-state index contributed by atoms with van der Waals surface area (Å²) in [5, 5.41) is 3.44. The van der Waals surface area contributed by atoms with Crippen LogP contribution in [0.2, 0.25) is 0 Å². The van der Waals surface area contributed by atoms with E-state index < -0.39 is 10.0 Å². The Balaban J connectivity index is 2.06. The van der Waals surface area contributed by atoms with Crippen LogP contribution in [0.5, 0.6) is 0 Å². The van der Waals surface area contributed by atoms with Crippen molar-refractivity contribution in [3.63, 3.8) is 0 Å². The van der Waals surface area contributed by atoms with Crippen molar-refractivity contribution >= 4 is 10.0 Å². The fraction of sp³-hybridized carbons (Fsp3) is 0.625. The van der Waals surface area contributed by atoms with Crippen molar-refractivity contribution in [3.05, 3.63) is 29.8 Å². The lowest BCUT2D eigenvalue weighted by molar-refractivity contribution is 0.232. The summed E-state index contributed by atoms with van der Waals surface area (Å²) >= 11 is 0. The minimum absolute atomic E-state index is 0.447. The Bertz CT molecular complexity index is 563. The maximum Gasteiger partial charge on any atom is 0.243 e. The molecule has 1 heterocycles. The molecule has 4 nitrogen and oxygen atoms in total. The van der Waals surface area contributed by atoms with Crippen molar-refractivity contribution in [2.45, 2.75) is 44.6 Å². The van der Waals surface area contributed by atoms with Gasteiger partial charge in [-0.3, -0.25) is 0 Å². The molecule has 0 aromatic heterocycles. The first-order valence-corrected chi connectivity index (χ1v) is 9.20. The molecule has 1 unspecified atom stereocenters. The molecule has 118 valence electrons. The molecule has 2 rings (SSSR count). The summed E-state index contributed by atoms with van der Waals surface area (Å²) in [6, 6.07) is 7.68. The van der Waals surface area contributed by atoms with E-state index in [4.69, 9.17) is 0 Å². The predicted octanol–water partition coefficient (Wildman–Crippen LogP) is 2.39. The average Bonchev–Trinajstić information content (AvgIpc) is 2.48. The number of nitrogens with one attached hydrogen (secondary N) is 1. The highest BCUT2D eigenvalue weighted by molar-refractivity contribution is 7.89. The monoisotopic (exact) mass is 310 g/mol. The number of benzene rings is 1. The standard InChI is InChI=1S/C16H26N2O2S/c1-4-17-14(3)15-9-11-18(12-10-15)21(19,20)16-8-6-5-7-13(16)2/h5-8,14-15,17H,4,9-12H2,1-3H3. The molecule has 0 amide bonds. The predicted molar refractivity (Wildman–Crippen MR) is 85.8 cm³/mol. The van der Waals surface area contributed by atoms with Gasteiger partial charge in [0.2, 0.25) is 10.0 Å². The molecule has 0 radical (unpaired) electrons. The summed E-state index contributed by atoms with van der Waals surface area (Å²) in [6.45, 7) is 8.36. The van der Waals surface area contributed by atoms with E-state index in [9.17, 15) is 8.42 Å². The van der Waals surface area contributed by atoms with Crippen molar-refractivity contribution in [1.82, 2.24) is 9.62 Å². The van der Waals surface area contributed by atoms with Crippen LogP contribution in [-0.2, 0) is 10.0 Å². The molecule has 1 fully saturated rings. The first-order valence-electron chi connectivity index (χ1n) is 7.76. The van der Waals surface area contributed by atoms with Gasteiger partial charge in [0.1, 0.15) is 0 Å². The van der Waals surface area contributed by atoms with Gasteiger partial charge in [-0.15, -0.1) is 0 Å². The second kappa shape index (κ2) is 6.90. The molecule has 1 aromatic carbocycles. The van der Waals surface area contributed by atoms with E-state index >= 15 is 0 Å². The number of hydrogen-bond donors (Lipinski definition) is 1. The SMILES string of the molecule is CCNC(C)C1CCN(S(=O)(=O)c2ccccc2C)CC1. The average molecular weight is 310 g/mol. The van der Waals surface area contributed by atoms with Gasteiger partial charge >= 0.3 is 0 Å². The molecule has 0 aliphatic carbocycles. The Kier molecular flexibility index (Phi) is 5.41. The topological polar surface area (TPSA) is 49.4 Å². The van der Waals surface area contributed by atoms with Gasteiger partial charge in [0.05, 0.1) is 4.90 Å². The lowest BCUT2D eigenvalue weighted by atomic mass is 9.91. The van der Waals surface area contributed by atoms with Gasteiger partial charge in [0.25, 0.3) is 0 Å². The molecular formula is C16H26N2O2S. The Morgan fingerprint density at radius 2 is 1.90 bits per heavy atom. The molecule has 1 aromatic rings. The van der Waals surface area contributed by atoms with Gasteiger partial charge in [0, 0.05) is 19.1 Å². The normalized spacial score (nSPS) is 19.6. The fourth-order valence-electron chi connectivity index (χ4n) is 3.09. The van der Waals surface area contributed by atoms with Crippen molar-refractivity contribution in [2.24, 2.45) is 5.92 Å². The fourth-order valence-corrected chi connectivity index (χ4v) is 4.78. The van der Waals surface area contributed by atoms with Crippen LogP contribution in [0.1, 0.15) is 32.3 Å². The Morgan fingerprint density at radius 1 is 1.29 bits per heavy atom. The molecule has 1 atom stereocenters. The smallest absolute Gasteiger partial charge is 0.243 e. The maximum absolute atomic E-state index is 12.7. The van der Waals surface area contributed by atoms with Gasteiger partial charge in [-0.25, -0.2) is 8.42 Å². The summed E-state index contributed by atoms with van der Waals surface area (Å²) in [7, 11) is -3.34. The van der Waals surface area contributed by atoms with Crippen LogP contribution in [0.4, 0.5) is 0 Å². The maximum atomic E-state index is 12.7. The molecule has 1 N–H and O–H groups in total. The lowest BCUT2D eigenvalue weighted by Gasteiger charge is -2.34. The van der Waals surface area contributed by atoms with E-state index in [1.165, 1.54) is 0 Å². The number of nitrogens with zero attached hydrogens (tertiary/aromatic N) is 1. The van der Waals surface area contributed by atoms with Crippen LogP contribution >= 0.6 is 0 Å². The van der Waals surface area contributed by atoms with E-state index in [0.29, 0.717) is 29.9 Å². The number of piperidine rings is 1. The van der Waals surface area contributed by atoms with Crippen molar-refractivity contribution in [3.8, 4) is 0 Å². The van der Waals surface area contributed by atoms with Gasteiger partial charge in [-0.05, 0) is 50.8 Å². The summed E-state index contributed by atoms with van der Waals surface area (Å²) in [5.41, 5.74) is 0.820. The molecule has 1 aliphatic heterocycles. The molecule has 1 saturated heterocycles. The highest BCUT2D eigenvalue weighted by Gasteiger charge is 2.31. The second-order valence-corrected chi connectivity index (χ2v) is 7.76. The summed E-state index contributed by atoms with van der Waals surface area (Å²) in [6.07, 6.45) is 1.86.